The molecular weight excluding hydrogens is 320 g/mol. The number of ether oxygens (including phenoxy) is 3. The molecular formula is C19H28N2O4. The zero-order chi connectivity index (χ0) is 17.5. The van der Waals surface area contributed by atoms with E-state index in [9.17, 15) is 4.79 Å². The van der Waals surface area contributed by atoms with Crippen LogP contribution in [0.1, 0.15) is 31.7 Å². The van der Waals surface area contributed by atoms with Crippen molar-refractivity contribution in [3.8, 4) is 11.5 Å². The number of carbonyl (C=O) groups excluding carboxylic acids is 1. The number of morpholine rings is 1. The summed E-state index contributed by atoms with van der Waals surface area (Å²) >= 11 is 0. The van der Waals surface area contributed by atoms with Crippen molar-refractivity contribution in [1.82, 2.24) is 9.80 Å². The van der Waals surface area contributed by atoms with Crippen molar-refractivity contribution in [1.29, 1.82) is 0 Å². The summed E-state index contributed by atoms with van der Waals surface area (Å²) in [6.45, 7) is 8.10. The topological polar surface area (TPSA) is 51.2 Å². The minimum absolute atomic E-state index is 0.229. The predicted octanol–water partition coefficient (Wildman–Crippen LogP) is 2.27. The Labute approximate surface area is 149 Å². The highest BCUT2D eigenvalue weighted by atomic mass is 16.7. The fourth-order valence-corrected chi connectivity index (χ4v) is 3.12. The van der Waals surface area contributed by atoms with Crippen molar-refractivity contribution in [2.24, 2.45) is 0 Å². The summed E-state index contributed by atoms with van der Waals surface area (Å²) in [5.41, 5.74) is 1.08. The number of unbranched alkanes of at least 4 members (excludes halogenated alkanes) is 1. The van der Waals surface area contributed by atoms with E-state index in [4.69, 9.17) is 14.2 Å². The van der Waals surface area contributed by atoms with E-state index in [1.54, 1.807) is 0 Å². The number of amides is 1. The Bertz CT molecular complexity index is 573. The molecule has 0 atom stereocenters. The molecule has 2 heterocycles. The third-order valence-corrected chi connectivity index (χ3v) is 4.70. The minimum Gasteiger partial charge on any atom is -0.454 e. The van der Waals surface area contributed by atoms with E-state index in [1.807, 2.05) is 23.1 Å². The number of fused-ring (bicyclic) bond motifs is 1. The molecule has 0 N–H and O–H groups in total. The Morgan fingerprint density at radius 3 is 2.80 bits per heavy atom. The Kier molecular flexibility index (Phi) is 6.53. The van der Waals surface area contributed by atoms with Gasteiger partial charge >= 0.3 is 0 Å². The lowest BCUT2D eigenvalue weighted by atomic mass is 10.1. The van der Waals surface area contributed by atoms with Crippen LogP contribution in [0.2, 0.25) is 0 Å². The van der Waals surface area contributed by atoms with Gasteiger partial charge in [0.2, 0.25) is 12.7 Å². The molecule has 1 saturated heterocycles. The number of hydrogen-bond donors (Lipinski definition) is 0. The molecule has 1 aromatic rings. The van der Waals surface area contributed by atoms with Crippen LogP contribution in [0.4, 0.5) is 0 Å². The fourth-order valence-electron chi connectivity index (χ4n) is 3.12. The smallest absolute Gasteiger partial charge is 0.231 e. The number of carbonyl (C=O) groups is 1. The second-order valence-corrected chi connectivity index (χ2v) is 6.56. The number of hydrogen-bond acceptors (Lipinski definition) is 5. The number of rotatable bonds is 8. The van der Waals surface area contributed by atoms with Gasteiger partial charge in [-0.1, -0.05) is 19.4 Å². The Morgan fingerprint density at radius 2 is 2.00 bits per heavy atom. The van der Waals surface area contributed by atoms with E-state index < -0.39 is 0 Å². The Balaban J connectivity index is 1.61. The standard InChI is InChI=1S/C19H28N2O4/c1-2-3-4-19(22)21(8-7-20-9-11-23-12-10-20)14-16-5-6-17-18(13-16)25-15-24-17/h5-6,13H,2-4,7-12,14-15H2,1H3. The highest BCUT2D eigenvalue weighted by molar-refractivity contribution is 5.76. The Hall–Kier alpha value is -1.79. The molecule has 0 unspecified atom stereocenters. The molecule has 0 spiro atoms. The van der Waals surface area contributed by atoms with Gasteiger partial charge in [-0.3, -0.25) is 9.69 Å². The van der Waals surface area contributed by atoms with Crippen molar-refractivity contribution >= 4 is 5.91 Å². The summed E-state index contributed by atoms with van der Waals surface area (Å²) < 4.78 is 16.2. The normalized spacial score (nSPS) is 16.8. The van der Waals surface area contributed by atoms with E-state index in [0.717, 1.165) is 69.3 Å². The van der Waals surface area contributed by atoms with Crippen LogP contribution < -0.4 is 9.47 Å². The summed E-state index contributed by atoms with van der Waals surface area (Å²) in [6.07, 6.45) is 2.59. The maximum Gasteiger partial charge on any atom is 0.231 e. The zero-order valence-electron chi connectivity index (χ0n) is 15.0. The van der Waals surface area contributed by atoms with E-state index in [2.05, 4.69) is 11.8 Å². The third-order valence-electron chi connectivity index (χ3n) is 4.70. The zero-order valence-corrected chi connectivity index (χ0v) is 15.0. The van der Waals surface area contributed by atoms with Gasteiger partial charge in [-0.2, -0.15) is 0 Å². The molecule has 25 heavy (non-hydrogen) atoms. The van der Waals surface area contributed by atoms with Crippen molar-refractivity contribution in [3.63, 3.8) is 0 Å². The molecule has 0 aromatic heterocycles. The lowest BCUT2D eigenvalue weighted by molar-refractivity contribution is -0.132. The first kappa shape index (κ1) is 18.0. The van der Waals surface area contributed by atoms with Crippen LogP contribution in [0.25, 0.3) is 0 Å². The molecule has 138 valence electrons. The average Bonchev–Trinajstić information content (AvgIpc) is 3.11. The lowest BCUT2D eigenvalue weighted by Gasteiger charge is -2.30. The van der Waals surface area contributed by atoms with Gasteiger partial charge < -0.3 is 19.1 Å². The molecule has 1 fully saturated rings. The summed E-state index contributed by atoms with van der Waals surface area (Å²) in [7, 11) is 0. The summed E-state index contributed by atoms with van der Waals surface area (Å²) in [6, 6.07) is 5.92. The van der Waals surface area contributed by atoms with Gasteiger partial charge in [0, 0.05) is 39.1 Å². The molecule has 6 heteroatoms. The molecule has 0 bridgehead atoms. The van der Waals surface area contributed by atoms with Gasteiger partial charge in [0.15, 0.2) is 11.5 Å². The van der Waals surface area contributed by atoms with Crippen LogP contribution in [0.15, 0.2) is 18.2 Å². The van der Waals surface area contributed by atoms with Crippen molar-refractivity contribution in [2.45, 2.75) is 32.7 Å². The lowest BCUT2D eigenvalue weighted by Crippen LogP contribution is -2.42. The quantitative estimate of drug-likeness (QED) is 0.721. The van der Waals surface area contributed by atoms with Gasteiger partial charge in [-0.25, -0.2) is 0 Å². The predicted molar refractivity (Wildman–Crippen MR) is 94.8 cm³/mol. The molecule has 3 rings (SSSR count). The molecule has 2 aliphatic rings. The molecule has 0 saturated carbocycles. The number of nitrogens with zero attached hydrogens (tertiary/aromatic N) is 2. The second-order valence-electron chi connectivity index (χ2n) is 6.56. The van der Waals surface area contributed by atoms with E-state index >= 15 is 0 Å². The van der Waals surface area contributed by atoms with E-state index in [-0.39, 0.29) is 12.7 Å². The van der Waals surface area contributed by atoms with Crippen LogP contribution in [0.3, 0.4) is 0 Å². The fraction of sp³-hybridized carbons (Fsp3) is 0.632. The van der Waals surface area contributed by atoms with E-state index in [0.29, 0.717) is 13.0 Å². The van der Waals surface area contributed by atoms with Gasteiger partial charge in [0.25, 0.3) is 0 Å². The van der Waals surface area contributed by atoms with Crippen molar-refractivity contribution in [3.05, 3.63) is 23.8 Å². The SMILES string of the molecule is CCCCC(=O)N(CCN1CCOCC1)Cc1ccc2c(c1)OCO2. The first-order valence-electron chi connectivity index (χ1n) is 9.22. The molecule has 2 aliphatic heterocycles. The van der Waals surface area contributed by atoms with Crippen LogP contribution in [-0.2, 0) is 16.1 Å². The first-order chi connectivity index (χ1) is 12.3. The third kappa shape index (κ3) is 5.09. The second kappa shape index (κ2) is 9.06. The van der Waals surface area contributed by atoms with Crippen LogP contribution in [-0.4, -0.2) is 61.9 Å². The van der Waals surface area contributed by atoms with Gasteiger partial charge in [-0.15, -0.1) is 0 Å². The maximum atomic E-state index is 12.6. The van der Waals surface area contributed by atoms with E-state index in [1.165, 1.54) is 0 Å². The Morgan fingerprint density at radius 1 is 1.20 bits per heavy atom. The summed E-state index contributed by atoms with van der Waals surface area (Å²) in [5.74, 6) is 1.78. The highest BCUT2D eigenvalue weighted by Crippen LogP contribution is 2.32. The molecule has 0 aliphatic carbocycles. The minimum atomic E-state index is 0.229. The average molecular weight is 348 g/mol. The molecule has 0 radical (unpaired) electrons. The van der Waals surface area contributed by atoms with Crippen molar-refractivity contribution in [2.75, 3.05) is 46.2 Å². The summed E-state index contributed by atoms with van der Waals surface area (Å²) in [5, 5.41) is 0. The highest BCUT2D eigenvalue weighted by Gasteiger charge is 2.19. The van der Waals surface area contributed by atoms with Crippen LogP contribution >= 0.6 is 0 Å². The van der Waals surface area contributed by atoms with Crippen molar-refractivity contribution < 1.29 is 19.0 Å². The largest absolute Gasteiger partial charge is 0.454 e. The van der Waals surface area contributed by atoms with Crippen LogP contribution in [0, 0.1) is 0 Å². The summed E-state index contributed by atoms with van der Waals surface area (Å²) in [4.78, 5) is 17.0. The van der Waals surface area contributed by atoms with Crippen LogP contribution in [0.5, 0.6) is 11.5 Å². The maximum absolute atomic E-state index is 12.6. The monoisotopic (exact) mass is 348 g/mol. The van der Waals surface area contributed by atoms with Gasteiger partial charge in [0.1, 0.15) is 0 Å². The molecule has 1 aromatic carbocycles. The first-order valence-corrected chi connectivity index (χ1v) is 9.22. The number of benzene rings is 1. The molecule has 6 nitrogen and oxygen atoms in total. The van der Waals surface area contributed by atoms with Gasteiger partial charge in [-0.05, 0) is 24.1 Å². The van der Waals surface area contributed by atoms with Gasteiger partial charge in [0.05, 0.1) is 13.2 Å². The molecule has 1 amide bonds.